The van der Waals surface area contributed by atoms with Crippen molar-refractivity contribution in [3.05, 3.63) is 48.0 Å². The predicted octanol–water partition coefficient (Wildman–Crippen LogP) is 2.58. The van der Waals surface area contributed by atoms with Crippen molar-refractivity contribution in [3.63, 3.8) is 0 Å². The molecule has 1 amide bonds. The van der Waals surface area contributed by atoms with Crippen molar-refractivity contribution in [1.82, 2.24) is 4.90 Å². The van der Waals surface area contributed by atoms with E-state index in [1.165, 1.54) is 5.39 Å². The van der Waals surface area contributed by atoms with Crippen LogP contribution in [0.25, 0.3) is 10.8 Å². The highest BCUT2D eigenvalue weighted by Crippen LogP contribution is 2.19. The Morgan fingerprint density at radius 1 is 1.20 bits per heavy atom. The highest BCUT2D eigenvalue weighted by molar-refractivity contribution is 5.90. The lowest BCUT2D eigenvalue weighted by atomic mass is 10.0. The molecule has 0 aromatic heterocycles. The number of carbonyl (C=O) groups is 1. The van der Waals surface area contributed by atoms with E-state index in [0.29, 0.717) is 13.0 Å². The van der Waals surface area contributed by atoms with Gasteiger partial charge >= 0.3 is 0 Å². The van der Waals surface area contributed by atoms with E-state index in [1.807, 2.05) is 38.2 Å². The van der Waals surface area contributed by atoms with Crippen LogP contribution in [0.3, 0.4) is 0 Å². The average molecular weight is 270 g/mol. The van der Waals surface area contributed by atoms with E-state index in [4.69, 9.17) is 5.73 Å². The van der Waals surface area contributed by atoms with Crippen LogP contribution in [0.1, 0.15) is 18.9 Å². The van der Waals surface area contributed by atoms with Gasteiger partial charge in [0, 0.05) is 13.1 Å². The summed E-state index contributed by atoms with van der Waals surface area (Å²) in [4.78, 5) is 14.2. The summed E-state index contributed by atoms with van der Waals surface area (Å²) in [6.07, 6.45) is 1.27. The molecule has 106 valence electrons. The van der Waals surface area contributed by atoms with Gasteiger partial charge in [-0.15, -0.1) is 0 Å². The summed E-state index contributed by atoms with van der Waals surface area (Å²) in [5.41, 5.74) is 6.64. The van der Waals surface area contributed by atoms with Crippen molar-refractivity contribution in [2.24, 2.45) is 5.73 Å². The molecule has 0 aliphatic rings. The van der Waals surface area contributed by atoms with Gasteiger partial charge in [0.05, 0.1) is 6.42 Å². The van der Waals surface area contributed by atoms with Gasteiger partial charge in [-0.1, -0.05) is 42.5 Å². The topological polar surface area (TPSA) is 46.3 Å². The molecule has 2 aromatic carbocycles. The first-order valence-corrected chi connectivity index (χ1v) is 7.06. The lowest BCUT2D eigenvalue weighted by Gasteiger charge is -2.24. The molecule has 1 unspecified atom stereocenters. The number of amides is 1. The number of nitrogens with zero attached hydrogens (tertiary/aromatic N) is 1. The van der Waals surface area contributed by atoms with Gasteiger partial charge in [-0.2, -0.15) is 0 Å². The molecule has 1 atom stereocenters. The van der Waals surface area contributed by atoms with Gasteiger partial charge in [-0.25, -0.2) is 0 Å². The van der Waals surface area contributed by atoms with Crippen LogP contribution in [-0.2, 0) is 11.2 Å². The fourth-order valence-electron chi connectivity index (χ4n) is 2.41. The molecule has 2 N–H and O–H groups in total. The van der Waals surface area contributed by atoms with E-state index in [-0.39, 0.29) is 11.9 Å². The number of carbonyl (C=O) groups excluding carboxylic acids is 1. The zero-order valence-electron chi connectivity index (χ0n) is 12.2. The molecule has 0 aliphatic carbocycles. The van der Waals surface area contributed by atoms with Crippen LogP contribution < -0.4 is 5.73 Å². The number of hydrogen-bond acceptors (Lipinski definition) is 2. The Bertz CT molecular complexity index is 589. The quantitative estimate of drug-likeness (QED) is 0.907. The first-order chi connectivity index (χ1) is 9.63. The van der Waals surface area contributed by atoms with Crippen LogP contribution in [0.15, 0.2) is 42.5 Å². The van der Waals surface area contributed by atoms with Crippen LogP contribution in [0.2, 0.25) is 0 Å². The lowest BCUT2D eigenvalue weighted by molar-refractivity contribution is -0.130. The molecular weight excluding hydrogens is 248 g/mol. The van der Waals surface area contributed by atoms with E-state index in [1.54, 1.807) is 4.90 Å². The molecule has 0 aliphatic heterocycles. The second-order valence-corrected chi connectivity index (χ2v) is 5.25. The molecule has 20 heavy (non-hydrogen) atoms. The molecular formula is C17H22N2O. The summed E-state index contributed by atoms with van der Waals surface area (Å²) in [5, 5.41) is 2.33. The Morgan fingerprint density at radius 3 is 2.65 bits per heavy atom. The minimum Gasteiger partial charge on any atom is -0.343 e. The van der Waals surface area contributed by atoms with Gasteiger partial charge in [0.25, 0.3) is 0 Å². The molecule has 0 fully saturated rings. The maximum Gasteiger partial charge on any atom is 0.226 e. The first-order valence-electron chi connectivity index (χ1n) is 7.06. The van der Waals surface area contributed by atoms with Crippen molar-refractivity contribution in [2.45, 2.75) is 25.8 Å². The van der Waals surface area contributed by atoms with Crippen molar-refractivity contribution < 1.29 is 4.79 Å². The Balaban J connectivity index is 2.18. The van der Waals surface area contributed by atoms with Crippen molar-refractivity contribution in [1.29, 1.82) is 0 Å². The zero-order valence-corrected chi connectivity index (χ0v) is 12.2. The van der Waals surface area contributed by atoms with E-state index >= 15 is 0 Å². The van der Waals surface area contributed by atoms with Crippen LogP contribution in [-0.4, -0.2) is 30.4 Å². The number of fused-ring (bicyclic) bond motifs is 1. The third-order valence-electron chi connectivity index (χ3n) is 3.86. The molecule has 0 radical (unpaired) electrons. The summed E-state index contributed by atoms with van der Waals surface area (Å²) in [5.74, 6) is 0.141. The molecule has 0 saturated heterocycles. The van der Waals surface area contributed by atoms with Crippen LogP contribution >= 0.6 is 0 Å². The van der Waals surface area contributed by atoms with Gasteiger partial charge in [0.1, 0.15) is 0 Å². The summed E-state index contributed by atoms with van der Waals surface area (Å²) in [6.45, 7) is 2.64. The molecule has 2 aromatic rings. The minimum atomic E-state index is 0.141. The molecule has 3 heteroatoms. The maximum absolute atomic E-state index is 12.4. The molecule has 0 saturated carbocycles. The standard InChI is InChI=1S/C17H22N2O/c1-13(10-11-18)19(2)17(20)12-15-8-5-7-14-6-3-4-9-16(14)15/h3-9,13H,10-12,18H2,1-2H3. The normalized spacial score (nSPS) is 12.3. The van der Waals surface area contributed by atoms with E-state index in [9.17, 15) is 4.79 Å². The number of benzene rings is 2. The second-order valence-electron chi connectivity index (χ2n) is 5.25. The molecule has 0 bridgehead atoms. The molecule has 0 spiro atoms. The number of nitrogens with two attached hydrogens (primary N) is 1. The summed E-state index contributed by atoms with van der Waals surface area (Å²) in [7, 11) is 1.85. The van der Waals surface area contributed by atoms with Gasteiger partial charge < -0.3 is 10.6 Å². The summed E-state index contributed by atoms with van der Waals surface area (Å²) in [6, 6.07) is 14.5. The van der Waals surface area contributed by atoms with Crippen molar-refractivity contribution in [3.8, 4) is 0 Å². The average Bonchev–Trinajstić information content (AvgIpc) is 2.47. The van der Waals surface area contributed by atoms with Crippen LogP contribution in [0.4, 0.5) is 0 Å². The highest BCUT2D eigenvalue weighted by atomic mass is 16.2. The predicted molar refractivity (Wildman–Crippen MR) is 83.6 cm³/mol. The summed E-state index contributed by atoms with van der Waals surface area (Å²) >= 11 is 0. The van der Waals surface area contributed by atoms with Crippen molar-refractivity contribution >= 4 is 16.7 Å². The lowest BCUT2D eigenvalue weighted by Crippen LogP contribution is -2.37. The Morgan fingerprint density at radius 2 is 1.90 bits per heavy atom. The fourth-order valence-corrected chi connectivity index (χ4v) is 2.41. The monoisotopic (exact) mass is 270 g/mol. The third-order valence-corrected chi connectivity index (χ3v) is 3.86. The van der Waals surface area contributed by atoms with E-state index in [0.717, 1.165) is 17.4 Å². The summed E-state index contributed by atoms with van der Waals surface area (Å²) < 4.78 is 0. The fraction of sp³-hybridized carbons (Fsp3) is 0.353. The SMILES string of the molecule is CC(CCN)N(C)C(=O)Cc1cccc2ccccc12. The smallest absolute Gasteiger partial charge is 0.226 e. The zero-order chi connectivity index (χ0) is 14.5. The second kappa shape index (κ2) is 6.53. The van der Waals surface area contributed by atoms with Crippen LogP contribution in [0.5, 0.6) is 0 Å². The molecule has 3 nitrogen and oxygen atoms in total. The van der Waals surface area contributed by atoms with Crippen LogP contribution in [0, 0.1) is 0 Å². The van der Waals surface area contributed by atoms with E-state index < -0.39 is 0 Å². The maximum atomic E-state index is 12.4. The number of likely N-dealkylation sites (N-methyl/N-ethyl adjacent to an activating group) is 1. The Kier molecular flexibility index (Phi) is 4.74. The van der Waals surface area contributed by atoms with Gasteiger partial charge in [0.15, 0.2) is 0 Å². The molecule has 2 rings (SSSR count). The highest BCUT2D eigenvalue weighted by Gasteiger charge is 2.16. The number of hydrogen-bond donors (Lipinski definition) is 1. The minimum absolute atomic E-state index is 0.141. The Labute approximate surface area is 120 Å². The number of rotatable bonds is 5. The molecule has 0 heterocycles. The third kappa shape index (κ3) is 3.17. The largest absolute Gasteiger partial charge is 0.343 e. The first kappa shape index (κ1) is 14.5. The van der Waals surface area contributed by atoms with Crippen molar-refractivity contribution in [2.75, 3.05) is 13.6 Å². The van der Waals surface area contributed by atoms with Gasteiger partial charge in [0.2, 0.25) is 5.91 Å². The Hall–Kier alpha value is -1.87. The van der Waals surface area contributed by atoms with Gasteiger partial charge in [-0.05, 0) is 36.2 Å². The van der Waals surface area contributed by atoms with Gasteiger partial charge in [-0.3, -0.25) is 4.79 Å². The van der Waals surface area contributed by atoms with E-state index in [2.05, 4.69) is 18.2 Å².